The Labute approximate surface area is 131 Å². The molecule has 1 N–H and O–H groups in total. The number of rotatable bonds is 5. The first kappa shape index (κ1) is 16.7. The zero-order valence-electron chi connectivity index (χ0n) is 13.2. The second-order valence-electron chi connectivity index (χ2n) is 5.87. The van der Waals surface area contributed by atoms with Gasteiger partial charge in [0.05, 0.1) is 11.5 Å². The van der Waals surface area contributed by atoms with Gasteiger partial charge in [-0.1, -0.05) is 0 Å². The number of sulfone groups is 1. The van der Waals surface area contributed by atoms with Crippen LogP contribution in [0, 0.1) is 0 Å². The number of anilines is 1. The second-order valence-corrected chi connectivity index (χ2v) is 8.10. The number of amides is 1. The third kappa shape index (κ3) is 3.97. The molecule has 0 aromatic carbocycles. The Balaban J connectivity index is 2.21. The number of nitrogens with one attached hydrogen (secondary N) is 1. The molecule has 2 heterocycles. The molecule has 22 heavy (non-hydrogen) atoms. The van der Waals surface area contributed by atoms with E-state index in [1.807, 2.05) is 31.7 Å². The number of carbonyl (C=O) groups is 1. The van der Waals surface area contributed by atoms with Gasteiger partial charge in [0.1, 0.15) is 5.69 Å². The molecule has 1 amide bonds. The summed E-state index contributed by atoms with van der Waals surface area (Å²) in [6.45, 7) is 6.46. The van der Waals surface area contributed by atoms with E-state index in [0.29, 0.717) is 18.7 Å². The first-order valence-corrected chi connectivity index (χ1v) is 9.38. The molecule has 0 aliphatic carbocycles. The number of hydrogen-bond acceptors (Lipinski definition) is 5. The molecule has 1 atom stereocenters. The summed E-state index contributed by atoms with van der Waals surface area (Å²) < 4.78 is 23.4. The molecule has 1 saturated heterocycles. The fourth-order valence-corrected chi connectivity index (χ4v) is 4.46. The van der Waals surface area contributed by atoms with Crippen LogP contribution >= 0.6 is 0 Å². The van der Waals surface area contributed by atoms with Crippen LogP contribution in [0.3, 0.4) is 0 Å². The second kappa shape index (κ2) is 6.64. The lowest BCUT2D eigenvalue weighted by Gasteiger charge is -2.29. The lowest BCUT2D eigenvalue weighted by Crippen LogP contribution is -2.36. The normalized spacial score (nSPS) is 20.1. The Morgan fingerprint density at radius 3 is 2.77 bits per heavy atom. The van der Waals surface area contributed by atoms with Gasteiger partial charge in [-0.2, -0.15) is 0 Å². The molecule has 1 fully saturated rings. The summed E-state index contributed by atoms with van der Waals surface area (Å²) in [5.74, 6) is 0.198. The van der Waals surface area contributed by atoms with Crippen molar-refractivity contribution in [2.24, 2.45) is 0 Å². The summed E-state index contributed by atoms with van der Waals surface area (Å²) in [4.78, 5) is 18.2. The van der Waals surface area contributed by atoms with E-state index in [4.69, 9.17) is 0 Å². The minimum absolute atomic E-state index is 0.0293. The molecule has 2 rings (SSSR count). The SMILES string of the molecule is CCN(c1ccnc(C(=O)NC(C)C)c1)C1CCS(=O)(=O)C1. The minimum Gasteiger partial charge on any atom is -0.368 e. The maximum Gasteiger partial charge on any atom is 0.270 e. The average molecular weight is 325 g/mol. The fraction of sp³-hybridized carbons (Fsp3) is 0.600. The molecule has 6 nitrogen and oxygen atoms in total. The van der Waals surface area contributed by atoms with E-state index in [0.717, 1.165) is 5.69 Å². The van der Waals surface area contributed by atoms with Crippen LogP contribution in [0.5, 0.6) is 0 Å². The van der Waals surface area contributed by atoms with Crippen molar-refractivity contribution in [2.45, 2.75) is 39.3 Å². The molecule has 1 unspecified atom stereocenters. The quantitative estimate of drug-likeness (QED) is 0.881. The zero-order chi connectivity index (χ0) is 16.3. The van der Waals surface area contributed by atoms with Crippen molar-refractivity contribution in [3.63, 3.8) is 0 Å². The average Bonchev–Trinajstić information content (AvgIpc) is 2.79. The van der Waals surface area contributed by atoms with Gasteiger partial charge in [0, 0.05) is 30.5 Å². The van der Waals surface area contributed by atoms with Crippen LogP contribution in [0.4, 0.5) is 5.69 Å². The third-order valence-corrected chi connectivity index (χ3v) is 5.47. The van der Waals surface area contributed by atoms with Crippen molar-refractivity contribution in [1.29, 1.82) is 0 Å². The molecular formula is C15H23N3O3S. The molecule has 1 aliphatic rings. The largest absolute Gasteiger partial charge is 0.368 e. The third-order valence-electron chi connectivity index (χ3n) is 3.72. The molecule has 0 spiro atoms. The maximum absolute atomic E-state index is 12.1. The predicted molar refractivity (Wildman–Crippen MR) is 86.9 cm³/mol. The summed E-state index contributed by atoms with van der Waals surface area (Å²) in [6, 6.07) is 3.56. The molecule has 0 bridgehead atoms. The van der Waals surface area contributed by atoms with Gasteiger partial charge in [0.25, 0.3) is 5.91 Å². The van der Waals surface area contributed by atoms with E-state index in [1.165, 1.54) is 0 Å². The number of hydrogen-bond donors (Lipinski definition) is 1. The standard InChI is InChI=1S/C15H23N3O3S/c1-4-18(13-6-8-22(20,21)10-13)12-5-7-16-14(9-12)15(19)17-11(2)3/h5,7,9,11,13H,4,6,8,10H2,1-3H3,(H,17,19). The summed E-state index contributed by atoms with van der Waals surface area (Å²) >= 11 is 0. The van der Waals surface area contributed by atoms with Crippen molar-refractivity contribution >= 4 is 21.4 Å². The van der Waals surface area contributed by atoms with Gasteiger partial charge < -0.3 is 10.2 Å². The van der Waals surface area contributed by atoms with Crippen molar-refractivity contribution in [3.05, 3.63) is 24.0 Å². The molecule has 1 aromatic heterocycles. The molecule has 122 valence electrons. The van der Waals surface area contributed by atoms with Crippen LogP contribution < -0.4 is 10.2 Å². The molecule has 1 aromatic rings. The monoisotopic (exact) mass is 325 g/mol. The van der Waals surface area contributed by atoms with Crippen LogP contribution in [0.1, 0.15) is 37.7 Å². The molecule has 0 radical (unpaired) electrons. The summed E-state index contributed by atoms with van der Waals surface area (Å²) in [6.07, 6.45) is 2.22. The summed E-state index contributed by atoms with van der Waals surface area (Å²) in [7, 11) is -2.94. The molecular weight excluding hydrogens is 302 g/mol. The summed E-state index contributed by atoms with van der Waals surface area (Å²) in [5, 5.41) is 2.81. The van der Waals surface area contributed by atoms with Crippen LogP contribution in [-0.2, 0) is 9.84 Å². The van der Waals surface area contributed by atoms with Gasteiger partial charge in [-0.15, -0.1) is 0 Å². The molecule has 0 saturated carbocycles. The van der Waals surface area contributed by atoms with E-state index in [2.05, 4.69) is 10.3 Å². The van der Waals surface area contributed by atoms with Crippen molar-refractivity contribution < 1.29 is 13.2 Å². The van der Waals surface area contributed by atoms with Gasteiger partial charge in [0.2, 0.25) is 0 Å². The smallest absolute Gasteiger partial charge is 0.270 e. The Bertz CT molecular complexity index is 643. The zero-order valence-corrected chi connectivity index (χ0v) is 14.1. The Morgan fingerprint density at radius 1 is 1.50 bits per heavy atom. The van der Waals surface area contributed by atoms with E-state index < -0.39 is 9.84 Å². The number of nitrogens with zero attached hydrogens (tertiary/aromatic N) is 2. The minimum atomic E-state index is -2.94. The highest BCUT2D eigenvalue weighted by Gasteiger charge is 2.32. The van der Waals surface area contributed by atoms with Crippen LogP contribution in [-0.4, -0.2) is 49.4 Å². The van der Waals surface area contributed by atoms with Crippen molar-refractivity contribution in [2.75, 3.05) is 23.0 Å². The Kier molecular flexibility index (Phi) is 5.05. The predicted octanol–water partition coefficient (Wildman–Crippen LogP) is 1.23. The van der Waals surface area contributed by atoms with Crippen molar-refractivity contribution in [3.8, 4) is 0 Å². The maximum atomic E-state index is 12.1. The lowest BCUT2D eigenvalue weighted by molar-refractivity contribution is 0.0938. The van der Waals surface area contributed by atoms with Gasteiger partial charge in [0.15, 0.2) is 9.84 Å². The van der Waals surface area contributed by atoms with Gasteiger partial charge in [-0.25, -0.2) is 8.42 Å². The lowest BCUT2D eigenvalue weighted by atomic mass is 10.2. The van der Waals surface area contributed by atoms with Crippen LogP contribution in [0.15, 0.2) is 18.3 Å². The first-order chi connectivity index (χ1) is 10.3. The highest BCUT2D eigenvalue weighted by Crippen LogP contribution is 2.24. The Morgan fingerprint density at radius 2 is 2.23 bits per heavy atom. The van der Waals surface area contributed by atoms with Crippen LogP contribution in [0.25, 0.3) is 0 Å². The highest BCUT2D eigenvalue weighted by atomic mass is 32.2. The van der Waals surface area contributed by atoms with E-state index >= 15 is 0 Å². The number of pyridine rings is 1. The summed E-state index contributed by atoms with van der Waals surface area (Å²) in [5.41, 5.74) is 1.19. The molecule has 7 heteroatoms. The van der Waals surface area contributed by atoms with Crippen molar-refractivity contribution in [1.82, 2.24) is 10.3 Å². The van der Waals surface area contributed by atoms with Crippen LogP contribution in [0.2, 0.25) is 0 Å². The van der Waals surface area contributed by atoms with E-state index in [1.54, 1.807) is 12.3 Å². The molecule has 1 aliphatic heterocycles. The van der Waals surface area contributed by atoms with E-state index in [-0.39, 0.29) is 29.5 Å². The van der Waals surface area contributed by atoms with Gasteiger partial charge >= 0.3 is 0 Å². The number of carbonyl (C=O) groups excluding carboxylic acids is 1. The van der Waals surface area contributed by atoms with Gasteiger partial charge in [-0.05, 0) is 39.3 Å². The highest BCUT2D eigenvalue weighted by molar-refractivity contribution is 7.91. The first-order valence-electron chi connectivity index (χ1n) is 7.56. The van der Waals surface area contributed by atoms with E-state index in [9.17, 15) is 13.2 Å². The Hall–Kier alpha value is -1.63. The fourth-order valence-electron chi connectivity index (χ4n) is 2.73. The topological polar surface area (TPSA) is 79.4 Å². The van der Waals surface area contributed by atoms with Gasteiger partial charge in [-0.3, -0.25) is 9.78 Å². The number of aromatic nitrogens is 1.